The molecule has 7 heteroatoms. The Labute approximate surface area is 217 Å². The molecular weight excluding hydrogens is 466 g/mol. The van der Waals surface area contributed by atoms with Gasteiger partial charge in [0, 0.05) is 11.8 Å². The molecule has 0 saturated heterocycles. The van der Waals surface area contributed by atoms with Crippen LogP contribution in [0.2, 0.25) is 0 Å². The lowest BCUT2D eigenvalue weighted by Crippen LogP contribution is -2.33. The number of rotatable bonds is 8. The fourth-order valence-electron chi connectivity index (χ4n) is 5.38. The average molecular weight is 500 g/mol. The predicted octanol–water partition coefficient (Wildman–Crippen LogP) is 6.49. The van der Waals surface area contributed by atoms with Crippen molar-refractivity contribution in [2.75, 3.05) is 26.6 Å². The van der Waals surface area contributed by atoms with Crippen LogP contribution < -0.4 is 19.5 Å². The number of hydrogen-bond donors (Lipinski definition) is 1. The average Bonchev–Trinajstić information content (AvgIpc) is 3.32. The van der Waals surface area contributed by atoms with Gasteiger partial charge in [-0.3, -0.25) is 4.79 Å². The van der Waals surface area contributed by atoms with Gasteiger partial charge in [0.1, 0.15) is 29.1 Å². The van der Waals surface area contributed by atoms with Crippen LogP contribution in [0, 0.1) is 5.92 Å². The first kappa shape index (κ1) is 24.7. The van der Waals surface area contributed by atoms with E-state index in [0.717, 1.165) is 53.7 Å². The molecule has 1 aliphatic carbocycles. The molecule has 37 heavy (non-hydrogen) atoms. The normalized spacial score (nSPS) is 14.8. The van der Waals surface area contributed by atoms with Gasteiger partial charge in [0.15, 0.2) is 0 Å². The van der Waals surface area contributed by atoms with Crippen LogP contribution in [0.25, 0.3) is 22.4 Å². The van der Waals surface area contributed by atoms with E-state index in [1.807, 2.05) is 66.7 Å². The molecule has 4 aromatic rings. The Morgan fingerprint density at radius 1 is 0.892 bits per heavy atom. The Morgan fingerprint density at radius 2 is 1.59 bits per heavy atom. The van der Waals surface area contributed by atoms with E-state index in [-0.39, 0.29) is 11.8 Å². The highest BCUT2D eigenvalue weighted by Crippen LogP contribution is 2.41. The molecule has 1 aromatic heterocycles. The highest BCUT2D eigenvalue weighted by Gasteiger charge is 2.35. The molecule has 1 aliphatic rings. The zero-order chi connectivity index (χ0) is 25.8. The van der Waals surface area contributed by atoms with Crippen LogP contribution in [0.4, 0.5) is 5.69 Å². The van der Waals surface area contributed by atoms with E-state index < -0.39 is 6.04 Å². The molecule has 0 aliphatic heterocycles. The summed E-state index contributed by atoms with van der Waals surface area (Å²) in [7, 11) is 4.90. The van der Waals surface area contributed by atoms with Crippen LogP contribution in [0.3, 0.4) is 0 Å². The summed E-state index contributed by atoms with van der Waals surface area (Å²) >= 11 is 0. The molecule has 1 fully saturated rings. The third kappa shape index (κ3) is 4.99. The number of amides is 1. The minimum absolute atomic E-state index is 0.0473. The Hall–Kier alpha value is -4.00. The van der Waals surface area contributed by atoms with E-state index in [0.29, 0.717) is 17.3 Å². The maximum atomic E-state index is 14.1. The van der Waals surface area contributed by atoms with E-state index in [2.05, 4.69) is 9.88 Å². The van der Waals surface area contributed by atoms with Gasteiger partial charge >= 0.3 is 0 Å². The number of methoxy groups -OCH3 is 3. The number of carbonyl (C=O) groups is 1. The number of fused-ring (bicyclic) bond motifs is 1. The lowest BCUT2D eigenvalue weighted by Gasteiger charge is -2.32. The molecule has 1 N–H and O–H groups in total. The van der Waals surface area contributed by atoms with Crippen molar-refractivity contribution in [3.63, 3.8) is 0 Å². The standard InChI is InChI=1S/C30H33N3O4/c1-35-22-15-13-21(14-16-22)31-30(34)28(20-9-5-4-6-10-20)33-26-12-8-7-11-25(26)32-29(33)24-18-17-23(36-2)19-27(24)37-3/h7-8,11-20,28H,4-6,9-10H2,1-3H3,(H,31,34). The molecule has 7 nitrogen and oxygen atoms in total. The Morgan fingerprint density at radius 3 is 2.30 bits per heavy atom. The minimum atomic E-state index is -0.434. The summed E-state index contributed by atoms with van der Waals surface area (Å²) in [5, 5.41) is 3.17. The highest BCUT2D eigenvalue weighted by atomic mass is 16.5. The van der Waals surface area contributed by atoms with Crippen molar-refractivity contribution in [2.24, 2.45) is 5.92 Å². The zero-order valence-corrected chi connectivity index (χ0v) is 21.6. The van der Waals surface area contributed by atoms with Gasteiger partial charge in [-0.1, -0.05) is 31.4 Å². The fraction of sp³-hybridized carbons (Fsp3) is 0.333. The quantitative estimate of drug-likeness (QED) is 0.300. The molecule has 1 saturated carbocycles. The van der Waals surface area contributed by atoms with Crippen LogP contribution >= 0.6 is 0 Å². The molecule has 3 aromatic carbocycles. The number of anilines is 1. The van der Waals surface area contributed by atoms with Gasteiger partial charge in [0.25, 0.3) is 0 Å². The van der Waals surface area contributed by atoms with Crippen molar-refractivity contribution in [1.29, 1.82) is 0 Å². The fourth-order valence-corrected chi connectivity index (χ4v) is 5.38. The number of nitrogens with zero attached hydrogens (tertiary/aromatic N) is 2. The second kappa shape index (κ2) is 10.9. The number of benzene rings is 3. The molecule has 0 bridgehead atoms. The van der Waals surface area contributed by atoms with Crippen molar-refractivity contribution in [2.45, 2.75) is 38.1 Å². The summed E-state index contributed by atoms with van der Waals surface area (Å²) in [4.78, 5) is 19.1. The van der Waals surface area contributed by atoms with E-state index in [4.69, 9.17) is 19.2 Å². The van der Waals surface area contributed by atoms with Crippen molar-refractivity contribution in [3.05, 3.63) is 66.7 Å². The van der Waals surface area contributed by atoms with Gasteiger partial charge < -0.3 is 24.1 Å². The van der Waals surface area contributed by atoms with Gasteiger partial charge in [-0.25, -0.2) is 4.98 Å². The number of hydrogen-bond acceptors (Lipinski definition) is 5. The molecule has 1 amide bonds. The largest absolute Gasteiger partial charge is 0.497 e. The summed E-state index contributed by atoms with van der Waals surface area (Å²) in [6.45, 7) is 0. The Kier molecular flexibility index (Phi) is 7.30. The maximum absolute atomic E-state index is 14.1. The Bertz CT molecular complexity index is 1370. The first-order chi connectivity index (χ1) is 18.1. The molecular formula is C30H33N3O4. The SMILES string of the molecule is COc1ccc(NC(=O)C(C2CCCCC2)n2c(-c3ccc(OC)cc3OC)nc3ccccc32)cc1. The first-order valence-corrected chi connectivity index (χ1v) is 12.8. The molecule has 1 heterocycles. The topological polar surface area (TPSA) is 74.6 Å². The van der Waals surface area contributed by atoms with Gasteiger partial charge in [0.05, 0.1) is 37.9 Å². The number of aromatic nitrogens is 2. The van der Waals surface area contributed by atoms with Crippen LogP contribution in [0.1, 0.15) is 38.1 Å². The molecule has 1 unspecified atom stereocenters. The van der Waals surface area contributed by atoms with Gasteiger partial charge in [-0.15, -0.1) is 0 Å². The van der Waals surface area contributed by atoms with Crippen LogP contribution in [-0.2, 0) is 4.79 Å². The van der Waals surface area contributed by atoms with Crippen LogP contribution in [0.5, 0.6) is 17.2 Å². The number of imidazole rings is 1. The summed E-state index contributed by atoms with van der Waals surface area (Å²) < 4.78 is 18.6. The van der Waals surface area contributed by atoms with Crippen LogP contribution in [0.15, 0.2) is 66.7 Å². The van der Waals surface area contributed by atoms with E-state index in [1.165, 1.54) is 6.42 Å². The molecule has 5 rings (SSSR count). The van der Waals surface area contributed by atoms with Crippen molar-refractivity contribution >= 4 is 22.6 Å². The molecule has 0 radical (unpaired) electrons. The second-order valence-corrected chi connectivity index (χ2v) is 9.42. The number of carbonyl (C=O) groups excluding carboxylic acids is 1. The number of nitrogens with one attached hydrogen (secondary N) is 1. The zero-order valence-electron chi connectivity index (χ0n) is 21.6. The number of para-hydroxylation sites is 2. The Balaban J connectivity index is 1.65. The molecule has 1 atom stereocenters. The molecule has 192 valence electrons. The van der Waals surface area contributed by atoms with Gasteiger partial charge in [0.2, 0.25) is 5.91 Å². The van der Waals surface area contributed by atoms with Crippen molar-refractivity contribution in [1.82, 2.24) is 9.55 Å². The van der Waals surface area contributed by atoms with E-state index >= 15 is 0 Å². The lowest BCUT2D eigenvalue weighted by molar-refractivity contribution is -0.121. The smallest absolute Gasteiger partial charge is 0.247 e. The summed E-state index contributed by atoms with van der Waals surface area (Å²) in [6, 6.07) is 20.7. The third-order valence-corrected chi connectivity index (χ3v) is 7.25. The van der Waals surface area contributed by atoms with Crippen LogP contribution in [-0.4, -0.2) is 36.8 Å². The third-order valence-electron chi connectivity index (χ3n) is 7.25. The second-order valence-electron chi connectivity index (χ2n) is 9.42. The predicted molar refractivity (Wildman–Crippen MR) is 146 cm³/mol. The van der Waals surface area contributed by atoms with Gasteiger partial charge in [-0.05, 0) is 67.3 Å². The maximum Gasteiger partial charge on any atom is 0.247 e. The summed E-state index contributed by atoms with van der Waals surface area (Å²) in [6.07, 6.45) is 5.42. The lowest BCUT2D eigenvalue weighted by atomic mass is 9.83. The first-order valence-electron chi connectivity index (χ1n) is 12.8. The van der Waals surface area contributed by atoms with Crippen molar-refractivity contribution in [3.8, 4) is 28.6 Å². The number of ether oxygens (including phenoxy) is 3. The minimum Gasteiger partial charge on any atom is -0.497 e. The van der Waals surface area contributed by atoms with E-state index in [9.17, 15) is 4.79 Å². The monoisotopic (exact) mass is 499 g/mol. The van der Waals surface area contributed by atoms with E-state index in [1.54, 1.807) is 21.3 Å². The van der Waals surface area contributed by atoms with Gasteiger partial charge in [-0.2, -0.15) is 0 Å². The summed E-state index contributed by atoms with van der Waals surface area (Å²) in [5.74, 6) is 2.94. The molecule has 0 spiro atoms. The highest BCUT2D eigenvalue weighted by molar-refractivity contribution is 5.96. The van der Waals surface area contributed by atoms with Crippen molar-refractivity contribution < 1.29 is 19.0 Å². The summed E-state index contributed by atoms with van der Waals surface area (Å²) in [5.41, 5.74) is 3.32.